The first kappa shape index (κ1) is 19.9. The minimum Gasteiger partial charge on any atom is -0.481 e. The van der Waals surface area contributed by atoms with E-state index in [-0.39, 0.29) is 17.7 Å². The zero-order valence-electron chi connectivity index (χ0n) is 15.5. The maximum Gasteiger partial charge on any atom is 0.306 e. The van der Waals surface area contributed by atoms with Crippen molar-refractivity contribution in [2.24, 2.45) is 11.8 Å². The number of carboxylic acid groups (broad SMARTS) is 1. The first-order chi connectivity index (χ1) is 12.4. The molecule has 1 fully saturated rings. The molecule has 2 rings (SSSR count). The average molecular weight is 360 g/mol. The van der Waals surface area contributed by atoms with Crippen LogP contribution < -0.4 is 5.32 Å². The van der Waals surface area contributed by atoms with Crippen LogP contribution >= 0.6 is 0 Å². The first-order valence-electron chi connectivity index (χ1n) is 9.36. The number of nitrogens with one attached hydrogen (secondary N) is 1. The van der Waals surface area contributed by atoms with E-state index < -0.39 is 5.97 Å². The lowest BCUT2D eigenvalue weighted by Crippen LogP contribution is -2.40. The number of likely N-dealkylation sites (tertiary alicyclic amines) is 1. The Balaban J connectivity index is 1.89. The number of hydrogen-bond donors (Lipinski definition) is 2. The molecule has 0 bridgehead atoms. The molecular formula is C20H28N2O4. The third-order valence-electron chi connectivity index (χ3n) is 5.18. The third kappa shape index (κ3) is 5.31. The van der Waals surface area contributed by atoms with Crippen LogP contribution in [-0.4, -0.2) is 40.9 Å². The minimum absolute atomic E-state index is 0.00600. The van der Waals surface area contributed by atoms with Crippen molar-refractivity contribution >= 4 is 23.5 Å². The summed E-state index contributed by atoms with van der Waals surface area (Å²) in [6.07, 6.45) is 3.45. The van der Waals surface area contributed by atoms with Gasteiger partial charge in [0, 0.05) is 30.8 Å². The standard InChI is InChI=1S/C20H28N2O4/c1-3-14(4-2)13-18(23)21-17-7-5-15(6-8-17)19(24)22-11-9-16(10-12-22)20(25)26/h5-8,14,16H,3-4,9-13H2,1-2H3,(H,21,23)(H,25,26). The van der Waals surface area contributed by atoms with Gasteiger partial charge in [-0.1, -0.05) is 26.7 Å². The highest BCUT2D eigenvalue weighted by Gasteiger charge is 2.27. The van der Waals surface area contributed by atoms with Gasteiger partial charge in [0.1, 0.15) is 0 Å². The van der Waals surface area contributed by atoms with E-state index in [1.807, 2.05) is 0 Å². The highest BCUT2D eigenvalue weighted by atomic mass is 16.4. The van der Waals surface area contributed by atoms with E-state index >= 15 is 0 Å². The Morgan fingerprint density at radius 2 is 1.69 bits per heavy atom. The van der Waals surface area contributed by atoms with Gasteiger partial charge in [-0.25, -0.2) is 0 Å². The third-order valence-corrected chi connectivity index (χ3v) is 5.18. The van der Waals surface area contributed by atoms with Gasteiger partial charge in [-0.2, -0.15) is 0 Å². The van der Waals surface area contributed by atoms with Crippen molar-refractivity contribution in [2.75, 3.05) is 18.4 Å². The van der Waals surface area contributed by atoms with Gasteiger partial charge < -0.3 is 15.3 Å². The molecule has 0 unspecified atom stereocenters. The summed E-state index contributed by atoms with van der Waals surface area (Å²) < 4.78 is 0. The van der Waals surface area contributed by atoms with Gasteiger partial charge in [0.2, 0.25) is 5.91 Å². The molecule has 0 saturated carbocycles. The van der Waals surface area contributed by atoms with Crippen molar-refractivity contribution in [3.8, 4) is 0 Å². The van der Waals surface area contributed by atoms with E-state index in [0.717, 1.165) is 12.8 Å². The van der Waals surface area contributed by atoms with Gasteiger partial charge in [0.25, 0.3) is 5.91 Å². The largest absolute Gasteiger partial charge is 0.481 e. The van der Waals surface area contributed by atoms with Crippen molar-refractivity contribution in [1.82, 2.24) is 4.90 Å². The van der Waals surface area contributed by atoms with E-state index in [0.29, 0.717) is 49.5 Å². The summed E-state index contributed by atoms with van der Waals surface area (Å²) in [6, 6.07) is 6.89. The summed E-state index contributed by atoms with van der Waals surface area (Å²) in [7, 11) is 0. The summed E-state index contributed by atoms with van der Waals surface area (Å²) in [5.74, 6) is -0.848. The highest BCUT2D eigenvalue weighted by molar-refractivity contribution is 5.96. The molecule has 0 radical (unpaired) electrons. The van der Waals surface area contributed by atoms with Crippen LogP contribution in [0.5, 0.6) is 0 Å². The molecule has 2 N–H and O–H groups in total. The van der Waals surface area contributed by atoms with Gasteiger partial charge in [-0.05, 0) is 43.0 Å². The number of amides is 2. The van der Waals surface area contributed by atoms with Crippen LogP contribution in [-0.2, 0) is 9.59 Å². The summed E-state index contributed by atoms with van der Waals surface area (Å²) in [5, 5.41) is 11.9. The predicted molar refractivity (Wildman–Crippen MR) is 100 cm³/mol. The molecule has 0 aromatic heterocycles. The molecule has 142 valence electrons. The maximum absolute atomic E-state index is 12.5. The van der Waals surface area contributed by atoms with Gasteiger partial charge in [0.05, 0.1) is 5.92 Å². The molecule has 6 nitrogen and oxygen atoms in total. The van der Waals surface area contributed by atoms with Crippen LogP contribution in [0.25, 0.3) is 0 Å². The molecule has 26 heavy (non-hydrogen) atoms. The molecule has 6 heteroatoms. The number of carbonyl (C=O) groups excluding carboxylic acids is 2. The lowest BCUT2D eigenvalue weighted by atomic mass is 9.96. The number of rotatable bonds is 7. The van der Waals surface area contributed by atoms with E-state index in [1.54, 1.807) is 29.2 Å². The van der Waals surface area contributed by atoms with Crippen molar-refractivity contribution in [1.29, 1.82) is 0 Å². The fraction of sp³-hybridized carbons (Fsp3) is 0.550. The van der Waals surface area contributed by atoms with Crippen LogP contribution in [0.4, 0.5) is 5.69 Å². The minimum atomic E-state index is -0.787. The second-order valence-electron chi connectivity index (χ2n) is 6.92. The van der Waals surface area contributed by atoms with Crippen molar-refractivity contribution in [3.05, 3.63) is 29.8 Å². The molecule has 1 saturated heterocycles. The molecule has 2 amide bonds. The Morgan fingerprint density at radius 1 is 1.12 bits per heavy atom. The van der Waals surface area contributed by atoms with Crippen molar-refractivity contribution in [3.63, 3.8) is 0 Å². The smallest absolute Gasteiger partial charge is 0.306 e. The SMILES string of the molecule is CCC(CC)CC(=O)Nc1ccc(C(=O)N2CCC(C(=O)O)CC2)cc1. The maximum atomic E-state index is 12.5. The molecule has 1 aromatic carbocycles. The van der Waals surface area contributed by atoms with Crippen LogP contribution in [0.1, 0.15) is 56.3 Å². The normalized spacial score (nSPS) is 15.1. The summed E-state index contributed by atoms with van der Waals surface area (Å²) in [6.45, 7) is 5.09. The highest BCUT2D eigenvalue weighted by Crippen LogP contribution is 2.20. The zero-order chi connectivity index (χ0) is 19.1. The van der Waals surface area contributed by atoms with Crippen LogP contribution in [0.3, 0.4) is 0 Å². The Morgan fingerprint density at radius 3 is 2.19 bits per heavy atom. The predicted octanol–water partition coefficient (Wildman–Crippen LogP) is 3.39. The quantitative estimate of drug-likeness (QED) is 0.780. The Kier molecular flexibility index (Phi) is 7.18. The van der Waals surface area contributed by atoms with E-state index in [4.69, 9.17) is 5.11 Å². The Hall–Kier alpha value is -2.37. The number of anilines is 1. The number of carboxylic acids is 1. The number of hydrogen-bond acceptors (Lipinski definition) is 3. The average Bonchev–Trinajstić information content (AvgIpc) is 2.66. The van der Waals surface area contributed by atoms with Gasteiger partial charge in [-0.3, -0.25) is 14.4 Å². The first-order valence-corrected chi connectivity index (χ1v) is 9.36. The Labute approximate surface area is 154 Å². The molecule has 1 heterocycles. The van der Waals surface area contributed by atoms with E-state index in [1.165, 1.54) is 0 Å². The summed E-state index contributed by atoms with van der Waals surface area (Å²) in [5.41, 5.74) is 1.24. The number of benzene rings is 1. The monoisotopic (exact) mass is 360 g/mol. The number of piperidine rings is 1. The molecule has 0 aliphatic carbocycles. The topological polar surface area (TPSA) is 86.7 Å². The van der Waals surface area contributed by atoms with E-state index in [2.05, 4.69) is 19.2 Å². The lowest BCUT2D eigenvalue weighted by Gasteiger charge is -2.30. The molecule has 1 aromatic rings. The molecule has 1 aliphatic rings. The fourth-order valence-corrected chi connectivity index (χ4v) is 3.26. The van der Waals surface area contributed by atoms with Gasteiger partial charge in [0.15, 0.2) is 0 Å². The summed E-state index contributed by atoms with van der Waals surface area (Å²) in [4.78, 5) is 37.3. The zero-order valence-corrected chi connectivity index (χ0v) is 15.5. The second-order valence-corrected chi connectivity index (χ2v) is 6.92. The molecular weight excluding hydrogens is 332 g/mol. The van der Waals surface area contributed by atoms with Crippen molar-refractivity contribution in [2.45, 2.75) is 46.0 Å². The van der Waals surface area contributed by atoms with Gasteiger partial charge in [-0.15, -0.1) is 0 Å². The molecule has 1 aliphatic heterocycles. The van der Waals surface area contributed by atoms with Gasteiger partial charge >= 0.3 is 5.97 Å². The van der Waals surface area contributed by atoms with Crippen LogP contribution in [0.2, 0.25) is 0 Å². The second kappa shape index (κ2) is 9.36. The van der Waals surface area contributed by atoms with E-state index in [9.17, 15) is 14.4 Å². The number of carbonyl (C=O) groups is 3. The van der Waals surface area contributed by atoms with Crippen LogP contribution in [0.15, 0.2) is 24.3 Å². The fourth-order valence-electron chi connectivity index (χ4n) is 3.26. The van der Waals surface area contributed by atoms with Crippen LogP contribution in [0, 0.1) is 11.8 Å². The number of aliphatic carboxylic acids is 1. The number of nitrogens with zero attached hydrogens (tertiary/aromatic N) is 1. The summed E-state index contributed by atoms with van der Waals surface area (Å²) >= 11 is 0. The van der Waals surface area contributed by atoms with Crippen molar-refractivity contribution < 1.29 is 19.5 Å². The molecule has 0 atom stereocenters. The Bertz CT molecular complexity index is 630. The lowest BCUT2D eigenvalue weighted by molar-refractivity contribution is -0.143. The molecule has 0 spiro atoms.